The highest BCUT2D eigenvalue weighted by Crippen LogP contribution is 2.16. The highest BCUT2D eigenvalue weighted by molar-refractivity contribution is 5.83. The summed E-state index contributed by atoms with van der Waals surface area (Å²) in [6.07, 6.45) is 0.0245. The van der Waals surface area contributed by atoms with Crippen LogP contribution >= 0.6 is 0 Å². The van der Waals surface area contributed by atoms with Crippen molar-refractivity contribution in [3.05, 3.63) is 29.3 Å². The summed E-state index contributed by atoms with van der Waals surface area (Å²) in [6.45, 7) is 3.46. The number of carbonyl (C=O) groups excluding carboxylic acids is 1. The van der Waals surface area contributed by atoms with Crippen molar-refractivity contribution in [1.82, 2.24) is 5.32 Å². The SMILES string of the molecule is Cc1ccc(OCCC(=O)NC(CO)C(=O)O)cc1C. The van der Waals surface area contributed by atoms with Gasteiger partial charge in [0.25, 0.3) is 0 Å². The molecule has 1 amide bonds. The van der Waals surface area contributed by atoms with E-state index in [0.717, 1.165) is 11.1 Å². The lowest BCUT2D eigenvalue weighted by Crippen LogP contribution is -2.43. The van der Waals surface area contributed by atoms with Crippen LogP contribution in [0.5, 0.6) is 5.75 Å². The Hall–Kier alpha value is -2.08. The van der Waals surface area contributed by atoms with Gasteiger partial charge in [-0.3, -0.25) is 4.79 Å². The number of rotatable bonds is 7. The predicted molar refractivity (Wildman–Crippen MR) is 72.7 cm³/mol. The monoisotopic (exact) mass is 281 g/mol. The molecule has 1 rings (SSSR count). The van der Waals surface area contributed by atoms with Gasteiger partial charge in [-0.05, 0) is 37.1 Å². The van der Waals surface area contributed by atoms with Crippen molar-refractivity contribution in [2.75, 3.05) is 13.2 Å². The number of carbonyl (C=O) groups is 2. The van der Waals surface area contributed by atoms with Gasteiger partial charge in [-0.25, -0.2) is 4.79 Å². The number of ether oxygens (including phenoxy) is 1. The largest absolute Gasteiger partial charge is 0.493 e. The van der Waals surface area contributed by atoms with Gasteiger partial charge in [0.1, 0.15) is 11.8 Å². The number of carboxylic acid groups (broad SMARTS) is 1. The fourth-order valence-corrected chi connectivity index (χ4v) is 1.52. The Morgan fingerprint density at radius 2 is 2.00 bits per heavy atom. The molecule has 0 bridgehead atoms. The van der Waals surface area contributed by atoms with Crippen LogP contribution in [0.1, 0.15) is 17.5 Å². The lowest BCUT2D eigenvalue weighted by atomic mass is 10.1. The molecule has 110 valence electrons. The van der Waals surface area contributed by atoms with E-state index in [1.54, 1.807) is 0 Å². The molecule has 0 heterocycles. The molecule has 1 aromatic carbocycles. The van der Waals surface area contributed by atoms with Gasteiger partial charge in [-0.2, -0.15) is 0 Å². The molecule has 6 nitrogen and oxygen atoms in total. The second-order valence-corrected chi connectivity index (χ2v) is 4.49. The topological polar surface area (TPSA) is 95.9 Å². The third-order valence-electron chi connectivity index (χ3n) is 2.89. The van der Waals surface area contributed by atoms with Gasteiger partial charge in [-0.15, -0.1) is 0 Å². The molecule has 1 unspecified atom stereocenters. The number of nitrogens with one attached hydrogen (secondary N) is 1. The molecule has 0 aromatic heterocycles. The summed E-state index contributed by atoms with van der Waals surface area (Å²) in [4.78, 5) is 22.1. The molecule has 0 aliphatic heterocycles. The van der Waals surface area contributed by atoms with E-state index < -0.39 is 24.5 Å². The zero-order valence-electron chi connectivity index (χ0n) is 11.5. The maximum absolute atomic E-state index is 11.5. The van der Waals surface area contributed by atoms with Crippen molar-refractivity contribution >= 4 is 11.9 Å². The van der Waals surface area contributed by atoms with Crippen LogP contribution in [-0.4, -0.2) is 41.3 Å². The first-order valence-electron chi connectivity index (χ1n) is 6.27. The molecular weight excluding hydrogens is 262 g/mol. The third-order valence-corrected chi connectivity index (χ3v) is 2.89. The number of aliphatic carboxylic acids is 1. The molecule has 6 heteroatoms. The standard InChI is InChI=1S/C14H19NO5/c1-9-3-4-11(7-10(9)2)20-6-5-13(17)15-12(8-16)14(18)19/h3-4,7,12,16H,5-6,8H2,1-2H3,(H,15,17)(H,18,19). The molecule has 20 heavy (non-hydrogen) atoms. The summed E-state index contributed by atoms with van der Waals surface area (Å²) in [6, 6.07) is 4.34. The Morgan fingerprint density at radius 1 is 1.30 bits per heavy atom. The fraction of sp³-hybridized carbons (Fsp3) is 0.429. The Balaban J connectivity index is 2.38. The van der Waals surface area contributed by atoms with Crippen molar-refractivity contribution in [3.8, 4) is 5.75 Å². The summed E-state index contributed by atoms with van der Waals surface area (Å²) < 4.78 is 5.42. The molecular formula is C14H19NO5. The van der Waals surface area contributed by atoms with Crippen LogP contribution < -0.4 is 10.1 Å². The highest BCUT2D eigenvalue weighted by Gasteiger charge is 2.18. The van der Waals surface area contributed by atoms with E-state index in [2.05, 4.69) is 5.32 Å². The van der Waals surface area contributed by atoms with Gasteiger partial charge in [0.05, 0.1) is 19.6 Å². The van der Waals surface area contributed by atoms with E-state index in [-0.39, 0.29) is 13.0 Å². The first-order chi connectivity index (χ1) is 9.43. The molecule has 0 aliphatic carbocycles. The smallest absolute Gasteiger partial charge is 0.328 e. The van der Waals surface area contributed by atoms with Gasteiger partial charge in [0.15, 0.2) is 0 Å². The minimum Gasteiger partial charge on any atom is -0.493 e. The van der Waals surface area contributed by atoms with Gasteiger partial charge >= 0.3 is 5.97 Å². The zero-order chi connectivity index (χ0) is 15.1. The first-order valence-corrected chi connectivity index (χ1v) is 6.27. The molecule has 0 saturated heterocycles. The van der Waals surface area contributed by atoms with Crippen molar-refractivity contribution in [3.63, 3.8) is 0 Å². The lowest BCUT2D eigenvalue weighted by Gasteiger charge is -2.12. The van der Waals surface area contributed by atoms with E-state index >= 15 is 0 Å². The van der Waals surface area contributed by atoms with Gasteiger partial charge in [0.2, 0.25) is 5.91 Å². The molecule has 3 N–H and O–H groups in total. The number of aryl methyl sites for hydroxylation is 2. The molecule has 0 saturated carbocycles. The van der Waals surface area contributed by atoms with E-state index in [9.17, 15) is 9.59 Å². The summed E-state index contributed by atoms with van der Waals surface area (Å²) >= 11 is 0. The Morgan fingerprint density at radius 3 is 2.55 bits per heavy atom. The van der Waals surface area contributed by atoms with Crippen LogP contribution in [0.25, 0.3) is 0 Å². The zero-order valence-corrected chi connectivity index (χ0v) is 11.5. The molecule has 1 atom stereocenters. The maximum Gasteiger partial charge on any atom is 0.328 e. The normalized spacial score (nSPS) is 11.8. The summed E-state index contributed by atoms with van der Waals surface area (Å²) in [5, 5.41) is 19.7. The Kier molecular flexibility index (Phi) is 5.99. The van der Waals surface area contributed by atoms with E-state index in [4.69, 9.17) is 14.9 Å². The summed E-state index contributed by atoms with van der Waals surface area (Å²) in [7, 11) is 0. The summed E-state index contributed by atoms with van der Waals surface area (Å²) in [5.41, 5.74) is 2.25. The molecule has 0 radical (unpaired) electrons. The number of amides is 1. The van der Waals surface area contributed by atoms with Gasteiger partial charge < -0.3 is 20.3 Å². The van der Waals surface area contributed by atoms with Crippen LogP contribution in [0.15, 0.2) is 18.2 Å². The number of benzene rings is 1. The van der Waals surface area contributed by atoms with Crippen LogP contribution in [0.3, 0.4) is 0 Å². The quantitative estimate of drug-likeness (QED) is 0.681. The average Bonchev–Trinajstić information content (AvgIpc) is 2.39. The Labute approximate surface area is 117 Å². The highest BCUT2D eigenvalue weighted by atomic mass is 16.5. The first kappa shape index (κ1) is 16.0. The number of carboxylic acids is 1. The predicted octanol–water partition coefficient (Wildman–Crippen LogP) is 0.634. The van der Waals surface area contributed by atoms with E-state index in [1.165, 1.54) is 0 Å². The number of aliphatic hydroxyl groups excluding tert-OH is 1. The van der Waals surface area contributed by atoms with E-state index in [0.29, 0.717) is 5.75 Å². The van der Waals surface area contributed by atoms with E-state index in [1.807, 2.05) is 32.0 Å². The van der Waals surface area contributed by atoms with Crippen LogP contribution in [-0.2, 0) is 9.59 Å². The molecule has 0 spiro atoms. The second kappa shape index (κ2) is 7.49. The van der Waals surface area contributed by atoms with Crippen LogP contribution in [0, 0.1) is 13.8 Å². The van der Waals surface area contributed by atoms with Crippen molar-refractivity contribution < 1.29 is 24.5 Å². The number of aliphatic hydroxyl groups is 1. The van der Waals surface area contributed by atoms with Crippen LogP contribution in [0.4, 0.5) is 0 Å². The van der Waals surface area contributed by atoms with Crippen molar-refractivity contribution in [2.24, 2.45) is 0 Å². The number of hydrogen-bond acceptors (Lipinski definition) is 4. The Bertz CT molecular complexity index is 486. The molecule has 0 fully saturated rings. The van der Waals surface area contributed by atoms with Crippen molar-refractivity contribution in [2.45, 2.75) is 26.3 Å². The maximum atomic E-state index is 11.5. The summed E-state index contributed by atoms with van der Waals surface area (Å²) in [5.74, 6) is -1.08. The second-order valence-electron chi connectivity index (χ2n) is 4.49. The van der Waals surface area contributed by atoms with Gasteiger partial charge in [-0.1, -0.05) is 6.07 Å². The minimum atomic E-state index is -1.27. The fourth-order valence-electron chi connectivity index (χ4n) is 1.52. The number of hydrogen-bond donors (Lipinski definition) is 3. The molecule has 1 aromatic rings. The minimum absolute atomic E-state index is 0.0245. The van der Waals surface area contributed by atoms with Crippen LogP contribution in [0.2, 0.25) is 0 Å². The molecule has 0 aliphatic rings. The third kappa shape index (κ3) is 4.89. The lowest BCUT2D eigenvalue weighted by molar-refractivity contribution is -0.143. The average molecular weight is 281 g/mol. The van der Waals surface area contributed by atoms with Crippen molar-refractivity contribution in [1.29, 1.82) is 0 Å². The van der Waals surface area contributed by atoms with Gasteiger partial charge in [0, 0.05) is 0 Å².